The molecule has 0 amide bonds. The molecule has 0 aromatic carbocycles. The summed E-state index contributed by atoms with van der Waals surface area (Å²) in [4.78, 5) is 38.0. The van der Waals surface area contributed by atoms with Crippen molar-refractivity contribution < 1.29 is 159 Å². The SMILES string of the molecule is O=C([O-])CCC(=O)O.O=[C-]CCC(=O)O.[Cl][Pt+2][Cl].[K+].[K+].[NH2-].[NH2-].[OH-]. The second-order valence-electron chi connectivity index (χ2n) is 2.35. The van der Waals surface area contributed by atoms with Crippen LogP contribution in [0.3, 0.4) is 0 Å². The summed E-state index contributed by atoms with van der Waals surface area (Å²) in [7, 11) is 9.75. The number of nitrogens with two attached hydrogens (primary N) is 2. The molecule has 0 aromatic heterocycles. The molecule has 0 atom stereocenters. The fourth-order valence-corrected chi connectivity index (χ4v) is 0.367. The van der Waals surface area contributed by atoms with Crippen LogP contribution in [0.15, 0.2) is 0 Å². The molecule has 0 saturated carbocycles. The molecule has 10 nitrogen and oxygen atoms in total. The molecule has 0 aromatic rings. The molecule has 23 heavy (non-hydrogen) atoms. The first-order chi connectivity index (χ1) is 8.31. The van der Waals surface area contributed by atoms with Crippen LogP contribution in [0, 0.1) is 0 Å². The van der Waals surface area contributed by atoms with Gasteiger partial charge in [-0.2, -0.15) is 0 Å². The first-order valence-corrected chi connectivity index (χ1v) is 9.75. The second-order valence-corrected chi connectivity index (χ2v) is 5.63. The third kappa shape index (κ3) is 93.8. The Labute approximate surface area is 235 Å². The third-order valence-electron chi connectivity index (χ3n) is 0.984. The molecule has 0 aliphatic heterocycles. The van der Waals surface area contributed by atoms with Gasteiger partial charge in [0, 0.05) is 12.4 Å². The van der Waals surface area contributed by atoms with Gasteiger partial charge in [0.2, 0.25) is 0 Å². The molecule has 0 aliphatic rings. The summed E-state index contributed by atoms with van der Waals surface area (Å²) in [5.41, 5.74) is 0. The molecular formula is C8H15Cl2K2N2O8Pt-. The number of carbonyl (C=O) groups excluding carboxylic acids is 2. The van der Waals surface area contributed by atoms with Gasteiger partial charge >= 0.3 is 150 Å². The first kappa shape index (κ1) is 50.0. The van der Waals surface area contributed by atoms with Gasteiger partial charge in [0.25, 0.3) is 0 Å². The number of carboxylic acids is 3. The Bertz CT molecular complexity index is 266. The molecule has 0 saturated heterocycles. The maximum absolute atomic E-state index is 9.61. The quantitative estimate of drug-likeness (QED) is 0.218. The number of carboxylic acid groups (broad SMARTS) is 3. The summed E-state index contributed by atoms with van der Waals surface area (Å²) in [6.07, 6.45) is 0.590. The summed E-state index contributed by atoms with van der Waals surface area (Å²) in [5, 5.41) is 25.3. The van der Waals surface area contributed by atoms with Crippen LogP contribution in [-0.4, -0.2) is 39.9 Å². The second kappa shape index (κ2) is 44.2. The van der Waals surface area contributed by atoms with Gasteiger partial charge in [-0.15, -0.1) is 6.42 Å². The van der Waals surface area contributed by atoms with Gasteiger partial charge in [-0.05, 0) is 6.42 Å². The molecular weight excluding hydrogens is 596 g/mol. The topological polar surface area (TPSA) is 229 Å². The zero-order valence-corrected chi connectivity index (χ0v) is 22.5. The molecule has 0 heterocycles. The van der Waals surface area contributed by atoms with Gasteiger partial charge in [0.05, 0.1) is 6.42 Å². The van der Waals surface area contributed by atoms with Gasteiger partial charge in [-0.3, -0.25) is 15.9 Å². The molecule has 0 rings (SSSR count). The van der Waals surface area contributed by atoms with Crippen LogP contribution in [0.25, 0.3) is 12.3 Å². The predicted octanol–water partition coefficient (Wildman–Crippen LogP) is -4.80. The summed E-state index contributed by atoms with van der Waals surface area (Å²) < 4.78 is 0. The number of rotatable bonds is 6. The molecule has 0 spiro atoms. The average molecular weight is 611 g/mol. The van der Waals surface area contributed by atoms with Gasteiger partial charge < -0.3 is 42.7 Å². The smallest absolute Gasteiger partial charge is 0.870 e. The minimum absolute atomic E-state index is 0. The van der Waals surface area contributed by atoms with Crippen LogP contribution in [0.5, 0.6) is 0 Å². The average Bonchev–Trinajstić information content (AvgIpc) is 2.25. The first-order valence-electron chi connectivity index (χ1n) is 4.12. The van der Waals surface area contributed by atoms with E-state index in [1.807, 2.05) is 0 Å². The minimum Gasteiger partial charge on any atom is -0.870 e. The molecule has 0 radical (unpaired) electrons. The van der Waals surface area contributed by atoms with E-state index in [2.05, 4.69) is 0 Å². The normalized spacial score (nSPS) is 6.35. The Morgan fingerprint density at radius 2 is 1.26 bits per heavy atom. The Morgan fingerprint density at radius 1 is 0.957 bits per heavy atom. The standard InChI is InChI=1S/C4H6O4.C4H5O3.2ClH.2K.2H2N.H2O.Pt/c5-3(6)1-2-4(7)8;5-3-1-2-4(6)7;;;;;;;;/h1-2H2,(H,5,6)(H,7,8);1-2H2,(H,6,7);2*1H;;;3*1H2;/q;-1;;;2*+1;2*-1;;+4/p-4. The molecule has 7 N–H and O–H groups in total. The van der Waals surface area contributed by atoms with Crippen molar-refractivity contribution in [3.63, 3.8) is 0 Å². The molecule has 0 bridgehead atoms. The van der Waals surface area contributed by atoms with E-state index >= 15 is 0 Å². The summed E-state index contributed by atoms with van der Waals surface area (Å²) in [6.45, 7) is 0. The van der Waals surface area contributed by atoms with Crippen LogP contribution in [-0.2, 0) is 35.7 Å². The van der Waals surface area contributed by atoms with E-state index in [4.69, 9.17) is 29.0 Å². The molecule has 0 unspecified atom stereocenters. The monoisotopic (exact) mass is 610 g/mol. The Morgan fingerprint density at radius 3 is 1.35 bits per heavy atom. The molecule has 0 aliphatic carbocycles. The van der Waals surface area contributed by atoms with Crippen LogP contribution < -0.4 is 108 Å². The van der Waals surface area contributed by atoms with Gasteiger partial charge in [0.1, 0.15) is 0 Å². The molecule has 15 heteroatoms. The van der Waals surface area contributed by atoms with E-state index in [9.17, 15) is 24.3 Å². The van der Waals surface area contributed by atoms with E-state index in [0.29, 0.717) is 0 Å². The fraction of sp³-hybridized carbons (Fsp3) is 0.500. The molecule has 0 fully saturated rings. The van der Waals surface area contributed by atoms with Crippen LogP contribution >= 0.6 is 18.8 Å². The van der Waals surface area contributed by atoms with Crippen molar-refractivity contribution in [1.82, 2.24) is 0 Å². The van der Waals surface area contributed by atoms with Crippen molar-refractivity contribution in [2.24, 2.45) is 0 Å². The number of carbonyl (C=O) groups is 3. The molecule has 132 valence electrons. The zero-order chi connectivity index (χ0) is 15.0. The third-order valence-corrected chi connectivity index (χ3v) is 0.984. The Kier molecular flexibility index (Phi) is 96.0. The van der Waals surface area contributed by atoms with Gasteiger partial charge in [0.15, 0.2) is 0 Å². The van der Waals surface area contributed by atoms with Crippen LogP contribution in [0.4, 0.5) is 0 Å². The predicted molar refractivity (Wildman–Crippen MR) is 68.7 cm³/mol. The Hall–Kier alpha value is 2.50. The van der Waals surface area contributed by atoms with Crippen LogP contribution in [0.1, 0.15) is 25.7 Å². The van der Waals surface area contributed by atoms with E-state index in [1.54, 1.807) is 0 Å². The number of halogens is 2. The van der Waals surface area contributed by atoms with E-state index in [-0.39, 0.29) is 140 Å². The van der Waals surface area contributed by atoms with Crippen molar-refractivity contribution in [1.29, 1.82) is 0 Å². The van der Waals surface area contributed by atoms with Crippen molar-refractivity contribution in [3.8, 4) is 0 Å². The summed E-state index contributed by atoms with van der Waals surface area (Å²) in [6, 6.07) is 0. The van der Waals surface area contributed by atoms with Gasteiger partial charge in [-0.25, -0.2) is 0 Å². The number of hydrogen-bond acceptors (Lipinski definition) is 6. The number of hydrogen-bond donors (Lipinski definition) is 2. The number of aliphatic carboxylic acids is 3. The summed E-state index contributed by atoms with van der Waals surface area (Å²) >= 11 is -0.472. The zero-order valence-electron chi connectivity index (χ0n) is 12.4. The fourth-order valence-electron chi connectivity index (χ4n) is 0.367. The Balaban J connectivity index is -0.0000000235. The van der Waals surface area contributed by atoms with Gasteiger partial charge in [-0.1, -0.05) is 0 Å². The summed E-state index contributed by atoms with van der Waals surface area (Å²) in [5.74, 6) is -3.40. The largest absolute Gasteiger partial charge is 1.00 e. The van der Waals surface area contributed by atoms with Crippen molar-refractivity contribution in [2.75, 3.05) is 0 Å². The van der Waals surface area contributed by atoms with E-state index in [1.165, 1.54) is 6.29 Å². The van der Waals surface area contributed by atoms with Crippen molar-refractivity contribution >= 4 is 43.0 Å². The minimum atomic E-state index is -1.33. The maximum Gasteiger partial charge on any atom is 1.00 e. The maximum atomic E-state index is 9.61. The van der Waals surface area contributed by atoms with E-state index in [0.717, 1.165) is 0 Å². The van der Waals surface area contributed by atoms with Crippen molar-refractivity contribution in [2.45, 2.75) is 25.7 Å². The van der Waals surface area contributed by atoms with Crippen LogP contribution in [0.2, 0.25) is 0 Å². The van der Waals surface area contributed by atoms with E-state index < -0.39 is 40.8 Å². The van der Waals surface area contributed by atoms with Crippen molar-refractivity contribution in [3.05, 3.63) is 12.3 Å².